The second-order valence-corrected chi connectivity index (χ2v) is 7.32. The van der Waals surface area contributed by atoms with Crippen LogP contribution in [-0.2, 0) is 0 Å². The molecule has 27 heavy (non-hydrogen) atoms. The number of rotatable bonds is 2. The summed E-state index contributed by atoms with van der Waals surface area (Å²) in [5, 5.41) is 8.84. The van der Waals surface area contributed by atoms with Crippen molar-refractivity contribution in [2.45, 2.75) is 25.4 Å². The number of amides is 1. The van der Waals surface area contributed by atoms with Gasteiger partial charge in [0, 0.05) is 12.7 Å². The first-order chi connectivity index (χ1) is 13.0. The lowest BCUT2D eigenvalue weighted by atomic mass is 10.1. The normalized spacial score (nSPS) is 21.1. The number of anilines is 2. The summed E-state index contributed by atoms with van der Waals surface area (Å²) in [4.78, 5) is 37.2. The van der Waals surface area contributed by atoms with Gasteiger partial charge in [-0.05, 0) is 31.9 Å². The van der Waals surface area contributed by atoms with Crippen molar-refractivity contribution in [3.8, 4) is 0 Å². The number of carbonyl (C=O) groups is 1. The molecule has 5 rings (SSSR count). The average Bonchev–Trinajstić information content (AvgIpc) is 3.24. The largest absolute Gasteiger partial charge is 0.346 e. The van der Waals surface area contributed by atoms with Crippen molar-refractivity contribution in [1.82, 2.24) is 24.9 Å². The number of hydrogen-bond acceptors (Lipinski definition) is 6. The standard InChI is InChI=1S/C17H16ClN7O2/c1-17-4-2-6-24(17)25-12(15(26)23-17)10(18)7-11(16(25)27)22-14-9-3-5-19-13(9)20-8-21-14/h3,5,7-8H,2,4,6H2,1H3,(H,23,26)(H2,19,20,21,22). The van der Waals surface area contributed by atoms with Gasteiger partial charge in [0.25, 0.3) is 11.5 Å². The van der Waals surface area contributed by atoms with Gasteiger partial charge >= 0.3 is 0 Å². The highest BCUT2D eigenvalue weighted by atomic mass is 35.5. The van der Waals surface area contributed by atoms with E-state index in [9.17, 15) is 9.59 Å². The van der Waals surface area contributed by atoms with E-state index in [0.717, 1.165) is 18.2 Å². The number of aromatic nitrogens is 4. The van der Waals surface area contributed by atoms with Gasteiger partial charge in [0.1, 0.15) is 34.8 Å². The van der Waals surface area contributed by atoms with Crippen LogP contribution in [0.25, 0.3) is 11.0 Å². The lowest BCUT2D eigenvalue weighted by Gasteiger charge is -2.43. The zero-order valence-electron chi connectivity index (χ0n) is 14.4. The molecule has 9 nitrogen and oxygen atoms in total. The van der Waals surface area contributed by atoms with E-state index in [1.165, 1.54) is 17.1 Å². The predicted molar refractivity (Wildman–Crippen MR) is 101 cm³/mol. The average molecular weight is 386 g/mol. The molecule has 5 heterocycles. The van der Waals surface area contributed by atoms with Crippen molar-refractivity contribution in [1.29, 1.82) is 0 Å². The highest BCUT2D eigenvalue weighted by Gasteiger charge is 2.45. The highest BCUT2D eigenvalue weighted by molar-refractivity contribution is 6.34. The monoisotopic (exact) mass is 385 g/mol. The number of pyridine rings is 1. The summed E-state index contributed by atoms with van der Waals surface area (Å²) in [6, 6.07) is 3.29. The van der Waals surface area contributed by atoms with Gasteiger partial charge in [0.15, 0.2) is 0 Å². The van der Waals surface area contributed by atoms with Crippen LogP contribution in [0.15, 0.2) is 29.5 Å². The van der Waals surface area contributed by atoms with Gasteiger partial charge in [-0.1, -0.05) is 11.6 Å². The van der Waals surface area contributed by atoms with E-state index < -0.39 is 5.66 Å². The maximum atomic E-state index is 13.2. The molecule has 3 N–H and O–H groups in total. The fourth-order valence-corrected chi connectivity index (χ4v) is 4.17. The Morgan fingerprint density at radius 1 is 1.33 bits per heavy atom. The van der Waals surface area contributed by atoms with Crippen molar-refractivity contribution >= 4 is 40.0 Å². The molecule has 1 fully saturated rings. The Kier molecular flexibility index (Phi) is 3.26. The van der Waals surface area contributed by atoms with Gasteiger partial charge in [0.05, 0.1) is 10.4 Å². The quantitative estimate of drug-likeness (QED) is 0.619. The summed E-state index contributed by atoms with van der Waals surface area (Å²) in [6.45, 7) is 2.56. The van der Waals surface area contributed by atoms with Crippen LogP contribution >= 0.6 is 11.6 Å². The molecule has 0 radical (unpaired) electrons. The van der Waals surface area contributed by atoms with E-state index in [1.54, 1.807) is 6.20 Å². The maximum Gasteiger partial charge on any atom is 0.293 e. The van der Waals surface area contributed by atoms with Crippen molar-refractivity contribution in [2.24, 2.45) is 0 Å². The molecule has 0 saturated carbocycles. The Labute approximate surface area is 158 Å². The maximum absolute atomic E-state index is 13.2. The lowest BCUT2D eigenvalue weighted by molar-refractivity contribution is 0.0851. The number of carbonyl (C=O) groups excluding carboxylic acids is 1. The Balaban J connectivity index is 1.68. The number of fused-ring (bicyclic) bond motifs is 4. The van der Waals surface area contributed by atoms with Crippen LogP contribution in [-0.4, -0.2) is 37.7 Å². The van der Waals surface area contributed by atoms with Crippen LogP contribution in [0, 0.1) is 0 Å². The third kappa shape index (κ3) is 2.24. The molecule has 10 heteroatoms. The molecule has 2 aliphatic heterocycles. The minimum absolute atomic E-state index is 0.154. The highest BCUT2D eigenvalue weighted by Crippen LogP contribution is 2.32. The molecule has 138 valence electrons. The Morgan fingerprint density at radius 3 is 3.04 bits per heavy atom. The van der Waals surface area contributed by atoms with Crippen molar-refractivity contribution in [3.05, 3.63) is 45.7 Å². The first-order valence-corrected chi connectivity index (χ1v) is 8.97. The fourth-order valence-electron chi connectivity index (χ4n) is 3.90. The Morgan fingerprint density at radius 2 is 2.19 bits per heavy atom. The first-order valence-electron chi connectivity index (χ1n) is 8.59. The number of halogens is 1. The number of nitrogens with one attached hydrogen (secondary N) is 3. The number of aromatic amines is 1. The summed E-state index contributed by atoms with van der Waals surface area (Å²) in [5.74, 6) is 0.138. The number of nitrogens with zero attached hydrogens (tertiary/aromatic N) is 4. The third-order valence-electron chi connectivity index (χ3n) is 5.18. The van der Waals surface area contributed by atoms with Crippen LogP contribution in [0.1, 0.15) is 30.3 Å². The SMILES string of the molecule is CC12CCCN1n1c(c(Cl)cc(Nc3ncnc4[nH]ccc34)c1=O)C(=O)N2. The minimum atomic E-state index is -0.599. The van der Waals surface area contributed by atoms with Gasteiger partial charge in [-0.25, -0.2) is 14.6 Å². The zero-order valence-corrected chi connectivity index (χ0v) is 15.2. The molecule has 0 bridgehead atoms. The van der Waals surface area contributed by atoms with E-state index in [1.807, 2.05) is 18.0 Å². The molecule has 1 amide bonds. The zero-order chi connectivity index (χ0) is 18.8. The van der Waals surface area contributed by atoms with Crippen molar-refractivity contribution in [2.75, 3.05) is 16.9 Å². The number of hydrogen-bond donors (Lipinski definition) is 3. The molecule has 3 aromatic heterocycles. The first kappa shape index (κ1) is 16.1. The summed E-state index contributed by atoms with van der Waals surface area (Å²) in [5.41, 5.74) is 0.108. The van der Waals surface area contributed by atoms with Gasteiger partial charge in [0.2, 0.25) is 0 Å². The molecule has 3 aromatic rings. The van der Waals surface area contributed by atoms with E-state index in [-0.39, 0.29) is 27.9 Å². The number of H-pyrrole nitrogens is 1. The molecular formula is C17H16ClN7O2. The van der Waals surface area contributed by atoms with Crippen molar-refractivity contribution in [3.63, 3.8) is 0 Å². The Bertz CT molecular complexity index is 1150. The molecule has 2 aliphatic rings. The molecular weight excluding hydrogens is 370 g/mol. The van der Waals surface area contributed by atoms with Gasteiger partial charge in [-0.15, -0.1) is 0 Å². The lowest BCUT2D eigenvalue weighted by Crippen LogP contribution is -2.67. The predicted octanol–water partition coefficient (Wildman–Crippen LogP) is 1.71. The van der Waals surface area contributed by atoms with E-state index in [0.29, 0.717) is 18.0 Å². The van der Waals surface area contributed by atoms with Crippen LogP contribution in [0.2, 0.25) is 5.02 Å². The summed E-state index contributed by atoms with van der Waals surface area (Å²) in [7, 11) is 0. The van der Waals surface area contributed by atoms with Crippen LogP contribution in [0.4, 0.5) is 11.5 Å². The molecule has 1 saturated heterocycles. The smallest absolute Gasteiger partial charge is 0.293 e. The molecule has 0 aliphatic carbocycles. The van der Waals surface area contributed by atoms with Crippen LogP contribution < -0.4 is 21.2 Å². The van der Waals surface area contributed by atoms with E-state index in [4.69, 9.17) is 11.6 Å². The topological polar surface area (TPSA) is 108 Å². The molecule has 0 spiro atoms. The van der Waals surface area contributed by atoms with Crippen LogP contribution in [0.5, 0.6) is 0 Å². The van der Waals surface area contributed by atoms with Gasteiger partial charge in [-0.3, -0.25) is 14.6 Å². The molecule has 1 atom stereocenters. The summed E-state index contributed by atoms with van der Waals surface area (Å²) in [6.07, 6.45) is 4.78. The van der Waals surface area contributed by atoms with Crippen molar-refractivity contribution < 1.29 is 4.79 Å². The fraction of sp³-hybridized carbons (Fsp3) is 0.294. The molecule has 1 unspecified atom stereocenters. The van der Waals surface area contributed by atoms with E-state index in [2.05, 4.69) is 25.6 Å². The Hall–Kier alpha value is -3.07. The third-order valence-corrected chi connectivity index (χ3v) is 5.47. The summed E-state index contributed by atoms with van der Waals surface area (Å²) < 4.78 is 1.39. The molecule has 0 aromatic carbocycles. The van der Waals surface area contributed by atoms with Crippen LogP contribution in [0.3, 0.4) is 0 Å². The van der Waals surface area contributed by atoms with E-state index >= 15 is 0 Å². The second kappa shape index (κ2) is 5.46. The minimum Gasteiger partial charge on any atom is -0.346 e. The second-order valence-electron chi connectivity index (χ2n) is 6.91. The summed E-state index contributed by atoms with van der Waals surface area (Å²) >= 11 is 6.39. The van der Waals surface area contributed by atoms with Gasteiger partial charge in [-0.2, -0.15) is 0 Å². The van der Waals surface area contributed by atoms with Gasteiger partial charge < -0.3 is 15.6 Å².